The molecule has 0 bridgehead atoms. The quantitative estimate of drug-likeness (QED) is 0.373. The van der Waals surface area contributed by atoms with Gasteiger partial charge in [0.15, 0.2) is 0 Å². The molecule has 0 unspecified atom stereocenters. The largest absolute Gasteiger partial charge is 0.268 e. The standard InChI is InChI=1S/C22H13Cl3N2O/c23-15-11-8-14(9-12-15)10-13-20-26-19-7-2-1-4-16(19)22(28)27(20)21-17(24)5-3-6-18(21)25/h1-13H/b13-10+. The Morgan fingerprint density at radius 3 is 2.18 bits per heavy atom. The summed E-state index contributed by atoms with van der Waals surface area (Å²) in [7, 11) is 0. The van der Waals surface area contributed by atoms with E-state index in [2.05, 4.69) is 4.98 Å². The molecule has 0 spiro atoms. The van der Waals surface area contributed by atoms with E-state index in [9.17, 15) is 4.79 Å². The van der Waals surface area contributed by atoms with Crippen molar-refractivity contribution in [2.24, 2.45) is 0 Å². The minimum atomic E-state index is -0.239. The van der Waals surface area contributed by atoms with Crippen molar-refractivity contribution in [1.29, 1.82) is 0 Å². The van der Waals surface area contributed by atoms with Gasteiger partial charge in [0.25, 0.3) is 5.56 Å². The highest BCUT2D eigenvalue weighted by Crippen LogP contribution is 2.29. The normalized spacial score (nSPS) is 11.4. The van der Waals surface area contributed by atoms with Crippen molar-refractivity contribution >= 4 is 57.9 Å². The lowest BCUT2D eigenvalue weighted by atomic mass is 10.2. The summed E-state index contributed by atoms with van der Waals surface area (Å²) in [6.07, 6.45) is 3.62. The summed E-state index contributed by atoms with van der Waals surface area (Å²) >= 11 is 18.7. The molecule has 0 atom stereocenters. The van der Waals surface area contributed by atoms with Crippen LogP contribution in [0.1, 0.15) is 11.4 Å². The molecule has 0 aliphatic rings. The van der Waals surface area contributed by atoms with Gasteiger partial charge in [0.05, 0.1) is 26.6 Å². The summed E-state index contributed by atoms with van der Waals surface area (Å²) in [5, 5.41) is 1.88. The van der Waals surface area contributed by atoms with Crippen LogP contribution in [0.25, 0.3) is 28.7 Å². The first-order valence-corrected chi connectivity index (χ1v) is 9.58. The fraction of sp³-hybridized carbons (Fsp3) is 0. The number of para-hydroxylation sites is 2. The number of halogens is 3. The van der Waals surface area contributed by atoms with Crippen LogP contribution < -0.4 is 5.56 Å². The molecule has 0 radical (unpaired) electrons. The van der Waals surface area contributed by atoms with Gasteiger partial charge in [-0.15, -0.1) is 0 Å². The molecule has 0 saturated carbocycles. The zero-order valence-electron chi connectivity index (χ0n) is 14.4. The third kappa shape index (κ3) is 3.57. The zero-order chi connectivity index (χ0) is 19.7. The second-order valence-corrected chi connectivity index (χ2v) is 7.33. The first-order chi connectivity index (χ1) is 13.5. The highest BCUT2D eigenvalue weighted by molar-refractivity contribution is 6.37. The van der Waals surface area contributed by atoms with Crippen LogP contribution in [0.4, 0.5) is 0 Å². The van der Waals surface area contributed by atoms with Gasteiger partial charge in [-0.25, -0.2) is 4.98 Å². The molecule has 0 N–H and O–H groups in total. The average molecular weight is 428 g/mol. The second-order valence-electron chi connectivity index (χ2n) is 6.08. The van der Waals surface area contributed by atoms with E-state index in [4.69, 9.17) is 34.8 Å². The van der Waals surface area contributed by atoms with Gasteiger partial charge in [-0.3, -0.25) is 9.36 Å². The van der Waals surface area contributed by atoms with E-state index in [1.54, 1.807) is 54.6 Å². The zero-order valence-corrected chi connectivity index (χ0v) is 16.7. The molecular formula is C22H13Cl3N2O. The van der Waals surface area contributed by atoms with Crippen LogP contribution in [0.5, 0.6) is 0 Å². The Bertz CT molecular complexity index is 1240. The molecule has 28 heavy (non-hydrogen) atoms. The van der Waals surface area contributed by atoms with Crippen molar-refractivity contribution in [2.75, 3.05) is 0 Å². The van der Waals surface area contributed by atoms with E-state index in [0.29, 0.717) is 37.5 Å². The van der Waals surface area contributed by atoms with Crippen molar-refractivity contribution in [1.82, 2.24) is 9.55 Å². The number of rotatable bonds is 3. The Labute approximate surface area is 176 Å². The summed E-state index contributed by atoms with van der Waals surface area (Å²) in [4.78, 5) is 17.9. The summed E-state index contributed by atoms with van der Waals surface area (Å²) in [5.74, 6) is 0.425. The van der Waals surface area contributed by atoms with Gasteiger partial charge in [-0.05, 0) is 48.0 Å². The highest BCUT2D eigenvalue weighted by Gasteiger charge is 2.16. The minimum Gasteiger partial charge on any atom is -0.268 e. The third-order valence-electron chi connectivity index (χ3n) is 4.26. The lowest BCUT2D eigenvalue weighted by molar-refractivity contribution is 0.944. The second kappa shape index (κ2) is 7.80. The molecule has 4 aromatic rings. The van der Waals surface area contributed by atoms with Gasteiger partial charge in [0.2, 0.25) is 0 Å². The molecule has 0 aliphatic heterocycles. The SMILES string of the molecule is O=c1c2ccccc2nc(/C=C/c2ccc(Cl)cc2)n1-c1c(Cl)cccc1Cl. The molecule has 0 fully saturated rings. The molecule has 0 saturated heterocycles. The molecule has 0 amide bonds. The number of aromatic nitrogens is 2. The minimum absolute atomic E-state index is 0.239. The van der Waals surface area contributed by atoms with Gasteiger partial charge >= 0.3 is 0 Å². The molecular weight excluding hydrogens is 415 g/mol. The molecule has 3 aromatic carbocycles. The lowest BCUT2D eigenvalue weighted by Gasteiger charge is -2.14. The van der Waals surface area contributed by atoms with E-state index in [1.807, 2.05) is 24.3 Å². The van der Waals surface area contributed by atoms with Crippen LogP contribution in [0.3, 0.4) is 0 Å². The van der Waals surface area contributed by atoms with Crippen LogP contribution in [-0.2, 0) is 0 Å². The number of nitrogens with zero attached hydrogens (tertiary/aromatic N) is 2. The molecule has 0 aliphatic carbocycles. The van der Waals surface area contributed by atoms with Crippen LogP contribution in [0, 0.1) is 0 Å². The number of benzene rings is 3. The summed E-state index contributed by atoms with van der Waals surface area (Å²) in [6.45, 7) is 0. The number of hydrogen-bond acceptors (Lipinski definition) is 2. The fourth-order valence-electron chi connectivity index (χ4n) is 2.93. The van der Waals surface area contributed by atoms with E-state index >= 15 is 0 Å². The topological polar surface area (TPSA) is 34.9 Å². The number of hydrogen-bond donors (Lipinski definition) is 0. The van der Waals surface area contributed by atoms with Gasteiger partial charge in [-0.1, -0.05) is 71.2 Å². The maximum Gasteiger partial charge on any atom is 0.266 e. The first kappa shape index (κ1) is 18.8. The number of fused-ring (bicyclic) bond motifs is 1. The highest BCUT2D eigenvalue weighted by atomic mass is 35.5. The van der Waals surface area contributed by atoms with Crippen molar-refractivity contribution in [3.05, 3.63) is 104 Å². The fourth-order valence-corrected chi connectivity index (χ4v) is 3.62. The summed E-state index contributed by atoms with van der Waals surface area (Å²) in [6, 6.07) is 19.6. The van der Waals surface area contributed by atoms with Gasteiger partial charge in [0.1, 0.15) is 5.82 Å². The predicted octanol–water partition coefficient (Wildman–Crippen LogP) is 6.52. The third-order valence-corrected chi connectivity index (χ3v) is 5.12. The van der Waals surface area contributed by atoms with Crippen molar-refractivity contribution < 1.29 is 0 Å². The van der Waals surface area contributed by atoms with Crippen molar-refractivity contribution in [3.63, 3.8) is 0 Å². The predicted molar refractivity (Wildman–Crippen MR) is 118 cm³/mol. The lowest BCUT2D eigenvalue weighted by Crippen LogP contribution is -2.23. The van der Waals surface area contributed by atoms with Gasteiger partial charge in [-0.2, -0.15) is 0 Å². The molecule has 3 nitrogen and oxygen atoms in total. The van der Waals surface area contributed by atoms with E-state index in [0.717, 1.165) is 5.56 Å². The van der Waals surface area contributed by atoms with E-state index in [1.165, 1.54) is 4.57 Å². The van der Waals surface area contributed by atoms with Crippen LogP contribution in [0.2, 0.25) is 15.1 Å². The molecule has 138 valence electrons. The van der Waals surface area contributed by atoms with E-state index < -0.39 is 0 Å². The Morgan fingerprint density at radius 1 is 0.786 bits per heavy atom. The smallest absolute Gasteiger partial charge is 0.266 e. The Kier molecular flexibility index (Phi) is 5.23. The summed E-state index contributed by atoms with van der Waals surface area (Å²) < 4.78 is 1.44. The molecule has 1 heterocycles. The Hall–Kier alpha value is -2.59. The Balaban J connectivity index is 1.99. The van der Waals surface area contributed by atoms with Crippen LogP contribution in [-0.4, -0.2) is 9.55 Å². The average Bonchev–Trinajstić information content (AvgIpc) is 2.69. The molecule has 4 rings (SSSR count). The van der Waals surface area contributed by atoms with Gasteiger partial charge in [0, 0.05) is 5.02 Å². The van der Waals surface area contributed by atoms with Crippen LogP contribution >= 0.6 is 34.8 Å². The summed E-state index contributed by atoms with van der Waals surface area (Å²) in [5.41, 5.74) is 1.69. The maximum absolute atomic E-state index is 13.3. The van der Waals surface area contributed by atoms with Crippen molar-refractivity contribution in [2.45, 2.75) is 0 Å². The maximum atomic E-state index is 13.3. The Morgan fingerprint density at radius 2 is 1.46 bits per heavy atom. The van der Waals surface area contributed by atoms with Gasteiger partial charge < -0.3 is 0 Å². The van der Waals surface area contributed by atoms with Crippen molar-refractivity contribution in [3.8, 4) is 5.69 Å². The first-order valence-electron chi connectivity index (χ1n) is 8.44. The van der Waals surface area contributed by atoms with E-state index in [-0.39, 0.29) is 5.56 Å². The van der Waals surface area contributed by atoms with Crippen LogP contribution in [0.15, 0.2) is 71.5 Å². The molecule has 1 aromatic heterocycles. The molecule has 6 heteroatoms. The monoisotopic (exact) mass is 426 g/mol.